The molecule has 3 N–H and O–H groups in total. The monoisotopic (exact) mass is 300 g/mol. The van der Waals surface area contributed by atoms with Gasteiger partial charge in [0.2, 0.25) is 0 Å². The second-order valence-corrected chi connectivity index (χ2v) is 4.89. The van der Waals surface area contributed by atoms with Crippen molar-refractivity contribution in [2.45, 2.75) is 13.0 Å². The van der Waals surface area contributed by atoms with Crippen molar-refractivity contribution in [3.05, 3.63) is 29.8 Å². The van der Waals surface area contributed by atoms with Crippen LogP contribution in [0, 0.1) is 12.8 Å². The minimum absolute atomic E-state index is 0. The molecule has 0 spiro atoms. The zero-order chi connectivity index (χ0) is 13.7. The summed E-state index contributed by atoms with van der Waals surface area (Å²) in [5.74, 6) is 0.603. The summed E-state index contributed by atoms with van der Waals surface area (Å²) in [5.41, 5.74) is 1.15. The molecule has 1 aromatic carbocycles. The molecule has 1 saturated heterocycles. The van der Waals surface area contributed by atoms with E-state index in [1.165, 1.54) is 0 Å². The molecule has 1 aromatic rings. The third-order valence-electron chi connectivity index (χ3n) is 3.26. The van der Waals surface area contributed by atoms with Gasteiger partial charge in [0.1, 0.15) is 5.75 Å². The van der Waals surface area contributed by atoms with Gasteiger partial charge >= 0.3 is 0 Å². The van der Waals surface area contributed by atoms with Gasteiger partial charge in [0.25, 0.3) is 5.91 Å². The SMILES string of the molecule is Cc1ccc(OCC(=O)NCC2CNCC2O)cc1.Cl. The smallest absolute Gasteiger partial charge is 0.257 e. The molecule has 6 heteroatoms. The molecule has 1 heterocycles. The molecule has 1 amide bonds. The molecule has 1 fully saturated rings. The topological polar surface area (TPSA) is 70.6 Å². The predicted molar refractivity (Wildman–Crippen MR) is 79.3 cm³/mol. The maximum Gasteiger partial charge on any atom is 0.257 e. The number of hydrogen-bond acceptors (Lipinski definition) is 4. The third-order valence-corrected chi connectivity index (χ3v) is 3.26. The zero-order valence-electron chi connectivity index (χ0n) is 11.5. The lowest BCUT2D eigenvalue weighted by atomic mass is 10.1. The summed E-state index contributed by atoms with van der Waals surface area (Å²) in [4.78, 5) is 11.6. The average molecular weight is 301 g/mol. The van der Waals surface area contributed by atoms with Gasteiger partial charge in [-0.1, -0.05) is 17.7 Å². The number of aliphatic hydroxyl groups is 1. The second-order valence-electron chi connectivity index (χ2n) is 4.89. The summed E-state index contributed by atoms with van der Waals surface area (Å²) in [6, 6.07) is 7.56. The molecule has 0 saturated carbocycles. The van der Waals surface area contributed by atoms with Gasteiger partial charge in [0.05, 0.1) is 6.10 Å². The van der Waals surface area contributed by atoms with Gasteiger partial charge in [0, 0.05) is 25.6 Å². The fraction of sp³-hybridized carbons (Fsp3) is 0.500. The first-order chi connectivity index (χ1) is 9.15. The van der Waals surface area contributed by atoms with Crippen molar-refractivity contribution in [1.82, 2.24) is 10.6 Å². The van der Waals surface area contributed by atoms with Gasteiger partial charge in [0.15, 0.2) is 6.61 Å². The van der Waals surface area contributed by atoms with E-state index in [0.717, 1.165) is 12.1 Å². The maximum absolute atomic E-state index is 11.6. The van der Waals surface area contributed by atoms with Crippen molar-refractivity contribution >= 4 is 18.3 Å². The molecule has 0 radical (unpaired) electrons. The van der Waals surface area contributed by atoms with Crippen molar-refractivity contribution < 1.29 is 14.6 Å². The van der Waals surface area contributed by atoms with Crippen molar-refractivity contribution in [2.24, 2.45) is 5.92 Å². The van der Waals surface area contributed by atoms with E-state index in [-0.39, 0.29) is 36.9 Å². The Hall–Kier alpha value is -1.30. The first kappa shape index (κ1) is 16.8. The minimum Gasteiger partial charge on any atom is -0.484 e. The van der Waals surface area contributed by atoms with E-state index in [1.807, 2.05) is 31.2 Å². The lowest BCUT2D eigenvalue weighted by Crippen LogP contribution is -2.36. The molecule has 20 heavy (non-hydrogen) atoms. The van der Waals surface area contributed by atoms with Crippen LogP contribution in [0.25, 0.3) is 0 Å². The summed E-state index contributed by atoms with van der Waals surface area (Å²) in [6.07, 6.45) is -0.377. The van der Waals surface area contributed by atoms with Gasteiger partial charge in [-0.25, -0.2) is 0 Å². The Kier molecular flexibility index (Phi) is 6.78. The van der Waals surface area contributed by atoms with E-state index < -0.39 is 0 Å². The van der Waals surface area contributed by atoms with Crippen LogP contribution in [0.5, 0.6) is 5.75 Å². The van der Waals surface area contributed by atoms with Crippen molar-refractivity contribution in [3.8, 4) is 5.75 Å². The average Bonchev–Trinajstić information content (AvgIpc) is 2.81. The van der Waals surface area contributed by atoms with Gasteiger partial charge < -0.3 is 20.5 Å². The lowest BCUT2D eigenvalue weighted by Gasteiger charge is -2.14. The molecule has 2 unspecified atom stereocenters. The van der Waals surface area contributed by atoms with E-state index in [2.05, 4.69) is 10.6 Å². The van der Waals surface area contributed by atoms with Gasteiger partial charge in [-0.05, 0) is 19.1 Å². The normalized spacial score (nSPS) is 21.1. The number of aryl methyl sites for hydroxylation is 1. The molecule has 0 bridgehead atoms. The molecular weight excluding hydrogens is 280 g/mol. The van der Waals surface area contributed by atoms with Crippen molar-refractivity contribution in [3.63, 3.8) is 0 Å². The summed E-state index contributed by atoms with van der Waals surface area (Å²) in [6.45, 7) is 3.81. The molecule has 2 atom stereocenters. The van der Waals surface area contributed by atoms with Crippen LogP contribution in [0.1, 0.15) is 5.56 Å². The summed E-state index contributed by atoms with van der Waals surface area (Å²) < 4.78 is 5.37. The first-order valence-electron chi connectivity index (χ1n) is 6.50. The van der Waals surface area contributed by atoms with Crippen LogP contribution in [-0.2, 0) is 4.79 Å². The second kappa shape index (κ2) is 8.09. The van der Waals surface area contributed by atoms with Crippen LogP contribution >= 0.6 is 12.4 Å². The number of hydrogen-bond donors (Lipinski definition) is 3. The van der Waals surface area contributed by atoms with E-state index in [0.29, 0.717) is 18.8 Å². The van der Waals surface area contributed by atoms with E-state index >= 15 is 0 Å². The summed E-state index contributed by atoms with van der Waals surface area (Å²) in [7, 11) is 0. The minimum atomic E-state index is -0.377. The van der Waals surface area contributed by atoms with Crippen LogP contribution < -0.4 is 15.4 Å². The number of amides is 1. The van der Waals surface area contributed by atoms with Crippen LogP contribution in [-0.4, -0.2) is 43.4 Å². The highest BCUT2D eigenvalue weighted by atomic mass is 35.5. The Balaban J connectivity index is 0.00000200. The third kappa shape index (κ3) is 5.00. The number of aliphatic hydroxyl groups excluding tert-OH is 1. The molecule has 1 aliphatic heterocycles. The first-order valence-corrected chi connectivity index (χ1v) is 6.50. The lowest BCUT2D eigenvalue weighted by molar-refractivity contribution is -0.123. The molecule has 0 aliphatic carbocycles. The fourth-order valence-electron chi connectivity index (χ4n) is 2.01. The van der Waals surface area contributed by atoms with Gasteiger partial charge in [-0.15, -0.1) is 12.4 Å². The molecule has 5 nitrogen and oxygen atoms in total. The summed E-state index contributed by atoms with van der Waals surface area (Å²) >= 11 is 0. The predicted octanol–water partition coefficient (Wildman–Crippen LogP) is 0.492. The quantitative estimate of drug-likeness (QED) is 0.740. The van der Waals surface area contributed by atoms with E-state index in [1.54, 1.807) is 0 Å². The summed E-state index contributed by atoms with van der Waals surface area (Å²) in [5, 5.41) is 15.4. The number of carbonyl (C=O) groups is 1. The number of benzene rings is 1. The number of β-amino-alcohol motifs (C(OH)–C–C–N with tert-alkyl or cyclic N) is 1. The zero-order valence-corrected chi connectivity index (χ0v) is 12.3. The standard InChI is InChI=1S/C14H20N2O3.ClH/c1-10-2-4-12(5-3-10)19-9-14(18)16-7-11-6-15-8-13(11)17;/h2-5,11,13,15,17H,6-9H2,1H3,(H,16,18);1H. The number of halogens is 1. The number of ether oxygens (including phenoxy) is 1. The Morgan fingerprint density at radius 3 is 2.70 bits per heavy atom. The van der Waals surface area contributed by atoms with Crippen LogP contribution in [0.3, 0.4) is 0 Å². The van der Waals surface area contributed by atoms with Gasteiger partial charge in [-0.2, -0.15) is 0 Å². The van der Waals surface area contributed by atoms with Crippen molar-refractivity contribution in [2.75, 3.05) is 26.2 Å². The number of carbonyl (C=O) groups excluding carboxylic acids is 1. The Bertz CT molecular complexity index is 425. The molecule has 1 aliphatic rings. The van der Waals surface area contributed by atoms with E-state index in [4.69, 9.17) is 4.74 Å². The van der Waals surface area contributed by atoms with Crippen LogP contribution in [0.2, 0.25) is 0 Å². The van der Waals surface area contributed by atoms with Gasteiger partial charge in [-0.3, -0.25) is 4.79 Å². The van der Waals surface area contributed by atoms with E-state index in [9.17, 15) is 9.90 Å². The Labute approximate surface area is 125 Å². The highest BCUT2D eigenvalue weighted by molar-refractivity contribution is 5.85. The van der Waals surface area contributed by atoms with Crippen LogP contribution in [0.15, 0.2) is 24.3 Å². The Morgan fingerprint density at radius 1 is 1.40 bits per heavy atom. The number of nitrogens with one attached hydrogen (secondary N) is 2. The highest BCUT2D eigenvalue weighted by Gasteiger charge is 2.24. The maximum atomic E-state index is 11.6. The molecule has 112 valence electrons. The highest BCUT2D eigenvalue weighted by Crippen LogP contribution is 2.11. The van der Waals surface area contributed by atoms with Crippen molar-refractivity contribution in [1.29, 1.82) is 0 Å². The number of rotatable bonds is 5. The van der Waals surface area contributed by atoms with Crippen LogP contribution in [0.4, 0.5) is 0 Å². The Morgan fingerprint density at radius 2 is 2.10 bits per heavy atom. The molecule has 2 rings (SSSR count). The fourth-order valence-corrected chi connectivity index (χ4v) is 2.01. The molecular formula is C14H21ClN2O3. The largest absolute Gasteiger partial charge is 0.484 e. The molecule has 0 aromatic heterocycles.